The summed E-state index contributed by atoms with van der Waals surface area (Å²) in [4.78, 5) is 2.03. The van der Waals surface area contributed by atoms with Gasteiger partial charge in [-0.05, 0) is 13.8 Å². The Morgan fingerprint density at radius 2 is 2.15 bits per heavy atom. The maximum absolute atomic E-state index is 11.5. The Bertz CT molecular complexity index is 315. The Balaban J connectivity index is 2.77. The van der Waals surface area contributed by atoms with Crippen molar-refractivity contribution in [1.29, 1.82) is 0 Å². The molecule has 2 atom stereocenters. The van der Waals surface area contributed by atoms with Crippen LogP contribution in [0.1, 0.15) is 13.8 Å². The molecular weight excluding hydrogens is 186 g/mol. The van der Waals surface area contributed by atoms with Gasteiger partial charge < -0.3 is 0 Å². The van der Waals surface area contributed by atoms with Gasteiger partial charge in [-0.3, -0.25) is 4.90 Å². The number of rotatable bonds is 1. The molecule has 0 aliphatic carbocycles. The van der Waals surface area contributed by atoms with E-state index in [1.807, 2.05) is 11.8 Å². The van der Waals surface area contributed by atoms with Gasteiger partial charge >= 0.3 is 0 Å². The molecule has 0 aromatic carbocycles. The van der Waals surface area contributed by atoms with E-state index in [0.717, 1.165) is 0 Å². The molecule has 74 valence electrons. The third-order valence-electron chi connectivity index (χ3n) is 2.78. The summed E-state index contributed by atoms with van der Waals surface area (Å²) in [5.41, 5.74) is 0. The summed E-state index contributed by atoms with van der Waals surface area (Å²) in [6, 6.07) is 0.0369. The second kappa shape index (κ2) is 3.69. The molecular formula is C9H15NO2S. The Labute approximate surface area is 80.0 Å². The summed E-state index contributed by atoms with van der Waals surface area (Å²) in [6.45, 7) is 4.78. The summed E-state index contributed by atoms with van der Waals surface area (Å²) in [6.07, 6.45) is 5.19. The normalized spacial score (nSPS) is 33.9. The zero-order valence-corrected chi connectivity index (χ0v) is 8.84. The van der Waals surface area contributed by atoms with Crippen LogP contribution in [0.5, 0.6) is 0 Å². The highest BCUT2D eigenvalue weighted by atomic mass is 32.2. The molecule has 0 aromatic heterocycles. The third kappa shape index (κ3) is 2.04. The molecule has 1 aliphatic rings. The lowest BCUT2D eigenvalue weighted by Crippen LogP contribution is -2.51. The average molecular weight is 201 g/mol. The van der Waals surface area contributed by atoms with Gasteiger partial charge in [0.25, 0.3) is 0 Å². The molecule has 1 aliphatic heterocycles. The summed E-state index contributed by atoms with van der Waals surface area (Å²) >= 11 is 0. The smallest absolute Gasteiger partial charge is 0.155 e. The number of nitrogens with zero attached hydrogens (tertiary/aromatic N) is 1. The Morgan fingerprint density at radius 1 is 1.54 bits per heavy atom. The van der Waals surface area contributed by atoms with E-state index in [1.54, 1.807) is 6.92 Å². The fourth-order valence-corrected chi connectivity index (χ4v) is 3.20. The van der Waals surface area contributed by atoms with Gasteiger partial charge in [-0.15, -0.1) is 6.42 Å². The van der Waals surface area contributed by atoms with Gasteiger partial charge in [-0.1, -0.05) is 5.92 Å². The molecule has 3 nitrogen and oxygen atoms in total. The van der Waals surface area contributed by atoms with Gasteiger partial charge in [0.05, 0.1) is 17.5 Å². The largest absolute Gasteiger partial charge is 0.287 e. The van der Waals surface area contributed by atoms with Crippen LogP contribution in [0.4, 0.5) is 0 Å². The molecule has 0 amide bonds. The summed E-state index contributed by atoms with van der Waals surface area (Å²) in [7, 11) is -2.87. The van der Waals surface area contributed by atoms with E-state index in [2.05, 4.69) is 5.92 Å². The predicted octanol–water partition coefficient (Wildman–Crippen LogP) is 0.127. The lowest BCUT2D eigenvalue weighted by Gasteiger charge is -2.36. The molecule has 0 radical (unpaired) electrons. The van der Waals surface area contributed by atoms with Gasteiger partial charge in [0.2, 0.25) is 0 Å². The van der Waals surface area contributed by atoms with Crippen LogP contribution in [0, 0.1) is 12.3 Å². The van der Waals surface area contributed by atoms with Crippen LogP contribution in [0.3, 0.4) is 0 Å². The zero-order valence-electron chi connectivity index (χ0n) is 8.03. The van der Waals surface area contributed by atoms with Crippen molar-refractivity contribution in [1.82, 2.24) is 4.90 Å². The molecule has 2 unspecified atom stereocenters. The van der Waals surface area contributed by atoms with Crippen molar-refractivity contribution < 1.29 is 8.42 Å². The van der Waals surface area contributed by atoms with Crippen molar-refractivity contribution in [3.05, 3.63) is 0 Å². The minimum Gasteiger partial charge on any atom is -0.287 e. The topological polar surface area (TPSA) is 37.4 Å². The first kappa shape index (κ1) is 10.6. The molecule has 0 bridgehead atoms. The van der Waals surface area contributed by atoms with Crippen molar-refractivity contribution in [2.45, 2.75) is 25.1 Å². The average Bonchev–Trinajstić information content (AvgIpc) is 2.07. The van der Waals surface area contributed by atoms with Crippen LogP contribution in [-0.2, 0) is 9.84 Å². The summed E-state index contributed by atoms with van der Waals surface area (Å²) in [5.74, 6) is 2.78. The molecule has 13 heavy (non-hydrogen) atoms. The predicted molar refractivity (Wildman–Crippen MR) is 53.1 cm³/mol. The molecule has 1 saturated heterocycles. The SMILES string of the molecule is C#CCN1CCS(=O)(=O)C(C)C1C. The fraction of sp³-hybridized carbons (Fsp3) is 0.778. The number of terminal acetylenes is 1. The maximum atomic E-state index is 11.5. The highest BCUT2D eigenvalue weighted by molar-refractivity contribution is 7.92. The highest BCUT2D eigenvalue weighted by Gasteiger charge is 2.34. The van der Waals surface area contributed by atoms with E-state index in [1.165, 1.54) is 0 Å². The van der Waals surface area contributed by atoms with Crippen molar-refractivity contribution >= 4 is 9.84 Å². The number of hydrogen-bond acceptors (Lipinski definition) is 3. The van der Waals surface area contributed by atoms with Gasteiger partial charge in [-0.2, -0.15) is 0 Å². The molecule has 0 spiro atoms. The standard InChI is InChI=1S/C9H15NO2S/c1-4-5-10-6-7-13(11,12)9(3)8(10)2/h1,8-9H,5-7H2,2-3H3. The van der Waals surface area contributed by atoms with Crippen LogP contribution in [0.15, 0.2) is 0 Å². The van der Waals surface area contributed by atoms with E-state index >= 15 is 0 Å². The monoisotopic (exact) mass is 201 g/mol. The number of sulfone groups is 1. The molecule has 0 aromatic rings. The fourth-order valence-electron chi connectivity index (χ4n) is 1.57. The van der Waals surface area contributed by atoms with E-state index in [4.69, 9.17) is 6.42 Å². The highest BCUT2D eigenvalue weighted by Crippen LogP contribution is 2.18. The zero-order chi connectivity index (χ0) is 10.1. The van der Waals surface area contributed by atoms with Crippen molar-refractivity contribution in [3.63, 3.8) is 0 Å². The van der Waals surface area contributed by atoms with Crippen LogP contribution >= 0.6 is 0 Å². The van der Waals surface area contributed by atoms with Crippen LogP contribution in [0.25, 0.3) is 0 Å². The minimum atomic E-state index is -2.87. The lowest BCUT2D eigenvalue weighted by molar-refractivity contribution is 0.231. The maximum Gasteiger partial charge on any atom is 0.155 e. The lowest BCUT2D eigenvalue weighted by atomic mass is 10.2. The Hall–Kier alpha value is -0.530. The molecule has 1 heterocycles. The Kier molecular flexibility index (Phi) is 2.99. The molecule has 4 heteroatoms. The molecule has 1 fully saturated rings. The second-order valence-corrected chi connectivity index (χ2v) is 5.96. The van der Waals surface area contributed by atoms with E-state index < -0.39 is 9.84 Å². The van der Waals surface area contributed by atoms with Gasteiger partial charge in [0.15, 0.2) is 9.84 Å². The second-order valence-electron chi connectivity index (χ2n) is 3.49. The van der Waals surface area contributed by atoms with Crippen molar-refractivity contribution in [2.75, 3.05) is 18.8 Å². The first-order valence-corrected chi connectivity index (χ1v) is 6.09. The van der Waals surface area contributed by atoms with Crippen LogP contribution in [0.2, 0.25) is 0 Å². The Morgan fingerprint density at radius 3 is 2.69 bits per heavy atom. The van der Waals surface area contributed by atoms with Crippen LogP contribution in [-0.4, -0.2) is 43.5 Å². The van der Waals surface area contributed by atoms with E-state index in [0.29, 0.717) is 13.1 Å². The van der Waals surface area contributed by atoms with Crippen molar-refractivity contribution in [2.24, 2.45) is 0 Å². The van der Waals surface area contributed by atoms with Crippen LogP contribution < -0.4 is 0 Å². The minimum absolute atomic E-state index is 0.0369. The van der Waals surface area contributed by atoms with Gasteiger partial charge in [0, 0.05) is 12.6 Å². The third-order valence-corrected chi connectivity index (χ3v) is 5.06. The van der Waals surface area contributed by atoms with E-state index in [-0.39, 0.29) is 17.0 Å². The summed E-state index contributed by atoms with van der Waals surface area (Å²) in [5, 5.41) is -0.297. The molecule has 1 rings (SSSR count). The van der Waals surface area contributed by atoms with Gasteiger partial charge in [0.1, 0.15) is 0 Å². The van der Waals surface area contributed by atoms with Gasteiger partial charge in [-0.25, -0.2) is 8.42 Å². The number of hydrogen-bond donors (Lipinski definition) is 0. The first-order valence-electron chi connectivity index (χ1n) is 4.38. The molecule has 0 N–H and O–H groups in total. The first-order chi connectivity index (χ1) is 5.99. The van der Waals surface area contributed by atoms with Crippen molar-refractivity contribution in [3.8, 4) is 12.3 Å². The summed E-state index contributed by atoms with van der Waals surface area (Å²) < 4.78 is 22.9. The quantitative estimate of drug-likeness (QED) is 0.566. The molecule has 0 saturated carbocycles. The van der Waals surface area contributed by atoms with E-state index in [9.17, 15) is 8.42 Å².